The molecule has 2 N–H and O–H groups in total. The van der Waals surface area contributed by atoms with E-state index in [9.17, 15) is 14.7 Å². The van der Waals surface area contributed by atoms with Gasteiger partial charge in [0.25, 0.3) is 0 Å². The van der Waals surface area contributed by atoms with Crippen LogP contribution in [0, 0.1) is 0 Å². The number of rotatable bonds is 9. The minimum Gasteiger partial charge on any atom is -0.490 e. The van der Waals surface area contributed by atoms with Gasteiger partial charge in [-0.05, 0) is 70.0 Å². The highest BCUT2D eigenvalue weighted by Gasteiger charge is 2.31. The number of hydrogen-bond acceptors (Lipinski definition) is 4. The fourth-order valence-corrected chi connectivity index (χ4v) is 2.89. The number of anilines is 1. The van der Waals surface area contributed by atoms with Crippen molar-refractivity contribution in [1.29, 1.82) is 0 Å². The number of carboxylic acids is 1. The van der Waals surface area contributed by atoms with Gasteiger partial charge in [-0.15, -0.1) is 0 Å². The molecule has 0 aliphatic rings. The Kier molecular flexibility index (Phi) is 7.26. The summed E-state index contributed by atoms with van der Waals surface area (Å²) in [6, 6.07) is 12.4. The second-order valence-corrected chi connectivity index (χ2v) is 7.29. The molecule has 156 valence electrons. The molecular formula is C23H29NO5. The van der Waals surface area contributed by atoms with E-state index in [0.29, 0.717) is 36.0 Å². The first kappa shape index (κ1) is 22.3. The predicted molar refractivity (Wildman–Crippen MR) is 113 cm³/mol. The Bertz CT molecular complexity index is 875. The molecule has 1 unspecified atom stereocenters. The Balaban J connectivity index is 2.27. The molecule has 0 aromatic heterocycles. The maximum Gasteiger partial charge on any atom is 0.310 e. The third-order valence-electron chi connectivity index (χ3n) is 4.85. The van der Waals surface area contributed by atoms with Crippen molar-refractivity contribution in [1.82, 2.24) is 0 Å². The standard InChI is InChI=1S/C23H29NO5/c1-6-28-19-12-11-17(14-20(19)29-7-2)23(4,5)22(27)24-18-10-8-9-16(13-18)15(3)21(25)26/h8-15H,6-7H2,1-5H3,(H,24,27)(H,25,26). The van der Waals surface area contributed by atoms with Crippen molar-refractivity contribution in [3.63, 3.8) is 0 Å². The lowest BCUT2D eigenvalue weighted by atomic mass is 9.83. The molecule has 0 saturated heterocycles. The van der Waals surface area contributed by atoms with E-state index in [0.717, 1.165) is 5.56 Å². The zero-order valence-electron chi connectivity index (χ0n) is 17.6. The van der Waals surface area contributed by atoms with Crippen molar-refractivity contribution >= 4 is 17.6 Å². The van der Waals surface area contributed by atoms with Gasteiger partial charge in [0, 0.05) is 5.69 Å². The Hall–Kier alpha value is -3.02. The molecule has 0 radical (unpaired) electrons. The van der Waals surface area contributed by atoms with Crippen LogP contribution in [0.15, 0.2) is 42.5 Å². The Morgan fingerprint density at radius 2 is 1.69 bits per heavy atom. The van der Waals surface area contributed by atoms with Crippen LogP contribution in [-0.2, 0) is 15.0 Å². The smallest absolute Gasteiger partial charge is 0.310 e. The summed E-state index contributed by atoms with van der Waals surface area (Å²) in [5.74, 6) is -0.523. The number of carboxylic acid groups (broad SMARTS) is 1. The van der Waals surface area contributed by atoms with Gasteiger partial charge in [0.2, 0.25) is 5.91 Å². The Labute approximate surface area is 171 Å². The van der Waals surface area contributed by atoms with Gasteiger partial charge >= 0.3 is 5.97 Å². The van der Waals surface area contributed by atoms with Gasteiger partial charge in [-0.2, -0.15) is 0 Å². The second-order valence-electron chi connectivity index (χ2n) is 7.29. The lowest BCUT2D eigenvalue weighted by molar-refractivity contribution is -0.138. The normalized spacial score (nSPS) is 12.2. The highest BCUT2D eigenvalue weighted by molar-refractivity contribution is 5.98. The van der Waals surface area contributed by atoms with Crippen LogP contribution in [0.1, 0.15) is 51.7 Å². The molecule has 6 heteroatoms. The van der Waals surface area contributed by atoms with Crippen molar-refractivity contribution < 1.29 is 24.2 Å². The van der Waals surface area contributed by atoms with Crippen LogP contribution in [0.3, 0.4) is 0 Å². The molecule has 0 bridgehead atoms. The van der Waals surface area contributed by atoms with Gasteiger partial charge in [0.15, 0.2) is 11.5 Å². The summed E-state index contributed by atoms with van der Waals surface area (Å²) >= 11 is 0. The molecule has 1 amide bonds. The van der Waals surface area contributed by atoms with E-state index in [1.807, 2.05) is 45.9 Å². The van der Waals surface area contributed by atoms with E-state index in [2.05, 4.69) is 5.32 Å². The van der Waals surface area contributed by atoms with Gasteiger partial charge in [0.1, 0.15) is 0 Å². The van der Waals surface area contributed by atoms with E-state index in [-0.39, 0.29) is 5.91 Å². The van der Waals surface area contributed by atoms with Crippen molar-refractivity contribution in [2.24, 2.45) is 0 Å². The van der Waals surface area contributed by atoms with Crippen LogP contribution < -0.4 is 14.8 Å². The summed E-state index contributed by atoms with van der Waals surface area (Å²) in [7, 11) is 0. The van der Waals surface area contributed by atoms with Crippen LogP contribution >= 0.6 is 0 Å². The number of amides is 1. The first-order valence-electron chi connectivity index (χ1n) is 9.75. The summed E-state index contributed by atoms with van der Waals surface area (Å²) in [4.78, 5) is 24.3. The van der Waals surface area contributed by atoms with Crippen molar-refractivity contribution in [3.05, 3.63) is 53.6 Å². The van der Waals surface area contributed by atoms with Crippen LogP contribution in [0.5, 0.6) is 11.5 Å². The average molecular weight is 399 g/mol. The fourth-order valence-electron chi connectivity index (χ4n) is 2.89. The minimum atomic E-state index is -0.911. The van der Waals surface area contributed by atoms with Gasteiger partial charge in [-0.3, -0.25) is 9.59 Å². The van der Waals surface area contributed by atoms with Crippen molar-refractivity contribution in [2.45, 2.75) is 46.0 Å². The highest BCUT2D eigenvalue weighted by atomic mass is 16.5. The van der Waals surface area contributed by atoms with E-state index < -0.39 is 17.3 Å². The molecular weight excluding hydrogens is 370 g/mol. The van der Waals surface area contributed by atoms with Gasteiger partial charge < -0.3 is 19.9 Å². The quantitative estimate of drug-likeness (QED) is 0.644. The molecule has 0 fully saturated rings. The second kappa shape index (κ2) is 9.45. The largest absolute Gasteiger partial charge is 0.490 e. The summed E-state index contributed by atoms with van der Waals surface area (Å²) in [6.45, 7) is 10.1. The third-order valence-corrected chi connectivity index (χ3v) is 4.85. The van der Waals surface area contributed by atoms with Gasteiger partial charge in [-0.25, -0.2) is 0 Å². The Morgan fingerprint density at radius 1 is 1.03 bits per heavy atom. The molecule has 2 aromatic carbocycles. The number of nitrogens with one attached hydrogen (secondary N) is 1. The molecule has 0 saturated carbocycles. The first-order valence-corrected chi connectivity index (χ1v) is 9.75. The van der Waals surface area contributed by atoms with Crippen LogP contribution in [-0.4, -0.2) is 30.2 Å². The summed E-state index contributed by atoms with van der Waals surface area (Å²) < 4.78 is 11.3. The minimum absolute atomic E-state index is 0.204. The Morgan fingerprint density at radius 3 is 2.31 bits per heavy atom. The molecule has 0 aliphatic heterocycles. The summed E-state index contributed by atoms with van der Waals surface area (Å²) in [6.07, 6.45) is 0. The summed E-state index contributed by atoms with van der Waals surface area (Å²) in [5.41, 5.74) is 1.14. The fraction of sp³-hybridized carbons (Fsp3) is 0.391. The molecule has 6 nitrogen and oxygen atoms in total. The number of ether oxygens (including phenoxy) is 2. The third kappa shape index (κ3) is 5.28. The monoisotopic (exact) mass is 399 g/mol. The molecule has 0 aliphatic carbocycles. The van der Waals surface area contributed by atoms with Crippen LogP contribution in [0.25, 0.3) is 0 Å². The maximum absolute atomic E-state index is 13.0. The SMILES string of the molecule is CCOc1ccc(C(C)(C)C(=O)Nc2cccc(C(C)C(=O)O)c2)cc1OCC. The molecule has 2 rings (SSSR count). The average Bonchev–Trinajstić information content (AvgIpc) is 2.69. The van der Waals surface area contributed by atoms with Gasteiger partial charge in [0.05, 0.1) is 24.5 Å². The number of hydrogen-bond donors (Lipinski definition) is 2. The predicted octanol–water partition coefficient (Wildman–Crippen LogP) is 4.59. The highest BCUT2D eigenvalue weighted by Crippen LogP contribution is 2.34. The van der Waals surface area contributed by atoms with Gasteiger partial charge in [-0.1, -0.05) is 18.2 Å². The zero-order valence-corrected chi connectivity index (χ0v) is 17.6. The molecule has 29 heavy (non-hydrogen) atoms. The summed E-state index contributed by atoms with van der Waals surface area (Å²) in [5, 5.41) is 12.1. The van der Waals surface area contributed by atoms with E-state index in [1.165, 1.54) is 0 Å². The number of carbonyl (C=O) groups excluding carboxylic acids is 1. The van der Waals surface area contributed by atoms with Crippen molar-refractivity contribution in [2.75, 3.05) is 18.5 Å². The van der Waals surface area contributed by atoms with E-state index in [1.54, 1.807) is 31.2 Å². The van der Waals surface area contributed by atoms with E-state index in [4.69, 9.17) is 9.47 Å². The zero-order chi connectivity index (χ0) is 21.6. The topological polar surface area (TPSA) is 84.9 Å². The van der Waals surface area contributed by atoms with Crippen molar-refractivity contribution in [3.8, 4) is 11.5 Å². The molecule has 1 atom stereocenters. The molecule has 0 heterocycles. The molecule has 0 spiro atoms. The lowest BCUT2D eigenvalue weighted by Gasteiger charge is -2.25. The van der Waals surface area contributed by atoms with Crippen LogP contribution in [0.4, 0.5) is 5.69 Å². The first-order chi connectivity index (χ1) is 13.7. The molecule has 2 aromatic rings. The lowest BCUT2D eigenvalue weighted by Crippen LogP contribution is -2.34. The van der Waals surface area contributed by atoms with E-state index >= 15 is 0 Å². The maximum atomic E-state index is 13.0. The number of carbonyl (C=O) groups is 2. The van der Waals surface area contributed by atoms with Crippen LogP contribution in [0.2, 0.25) is 0 Å². The number of aliphatic carboxylic acids is 1. The number of benzene rings is 2.